The molecule has 2 aromatic carbocycles. The van der Waals surface area contributed by atoms with Crippen molar-refractivity contribution in [1.29, 1.82) is 0 Å². The van der Waals surface area contributed by atoms with Gasteiger partial charge in [0.05, 0.1) is 11.3 Å². The van der Waals surface area contributed by atoms with Gasteiger partial charge >= 0.3 is 0 Å². The molecule has 0 bridgehead atoms. The summed E-state index contributed by atoms with van der Waals surface area (Å²) in [7, 11) is -3.52. The van der Waals surface area contributed by atoms with E-state index in [1.807, 2.05) is 32.0 Å². The highest BCUT2D eigenvalue weighted by Crippen LogP contribution is 2.18. The first kappa shape index (κ1) is 17.4. The fourth-order valence-corrected chi connectivity index (χ4v) is 4.00. The normalized spacial score (nSPS) is 11.8. The van der Waals surface area contributed by atoms with Gasteiger partial charge in [-0.05, 0) is 42.5 Å². The van der Waals surface area contributed by atoms with E-state index in [2.05, 4.69) is 9.71 Å². The molecule has 0 fully saturated rings. The second-order valence-electron chi connectivity index (χ2n) is 6.24. The van der Waals surface area contributed by atoms with Crippen LogP contribution in [-0.4, -0.2) is 13.4 Å². The van der Waals surface area contributed by atoms with Crippen LogP contribution in [0.25, 0.3) is 10.9 Å². The molecule has 0 atom stereocenters. The quantitative estimate of drug-likeness (QED) is 0.738. The van der Waals surface area contributed by atoms with Gasteiger partial charge in [0.2, 0.25) is 10.0 Å². The maximum atomic E-state index is 12.3. The third-order valence-electron chi connectivity index (χ3n) is 4.05. The van der Waals surface area contributed by atoms with Crippen molar-refractivity contribution in [2.24, 2.45) is 0 Å². The minimum Gasteiger partial charge on any atom is -0.321 e. The highest BCUT2D eigenvalue weighted by Gasteiger charge is 2.13. The summed E-state index contributed by atoms with van der Waals surface area (Å²) in [5.41, 5.74) is 3.69. The van der Waals surface area contributed by atoms with Crippen LogP contribution in [0.2, 0.25) is 0 Å². The van der Waals surface area contributed by atoms with E-state index in [0.29, 0.717) is 11.1 Å². The Bertz CT molecular complexity index is 1070. The summed E-state index contributed by atoms with van der Waals surface area (Å²) in [5.74, 6) is -0.114. The van der Waals surface area contributed by atoms with Gasteiger partial charge < -0.3 is 4.98 Å². The van der Waals surface area contributed by atoms with Crippen molar-refractivity contribution < 1.29 is 8.42 Å². The summed E-state index contributed by atoms with van der Waals surface area (Å²) < 4.78 is 27.0. The van der Waals surface area contributed by atoms with Crippen LogP contribution < -0.4 is 10.3 Å². The molecule has 0 amide bonds. The molecule has 6 heteroatoms. The van der Waals surface area contributed by atoms with Gasteiger partial charge in [-0.3, -0.25) is 4.79 Å². The van der Waals surface area contributed by atoms with Crippen LogP contribution in [0.3, 0.4) is 0 Å². The van der Waals surface area contributed by atoms with Gasteiger partial charge in [-0.1, -0.05) is 42.0 Å². The lowest BCUT2D eigenvalue weighted by atomic mass is 10.1. The smallest absolute Gasteiger partial charge is 0.252 e. The van der Waals surface area contributed by atoms with E-state index in [0.717, 1.165) is 22.0 Å². The van der Waals surface area contributed by atoms with Crippen molar-refractivity contribution in [3.8, 4) is 0 Å². The van der Waals surface area contributed by atoms with Gasteiger partial charge in [-0.25, -0.2) is 13.1 Å². The topological polar surface area (TPSA) is 79.0 Å². The number of fused-ring (bicyclic) bond motifs is 1. The van der Waals surface area contributed by atoms with Gasteiger partial charge in [-0.2, -0.15) is 0 Å². The monoisotopic (exact) mass is 356 g/mol. The number of hydrogen-bond donors (Lipinski definition) is 2. The van der Waals surface area contributed by atoms with Crippen LogP contribution in [-0.2, 0) is 22.3 Å². The van der Waals surface area contributed by atoms with Gasteiger partial charge in [0.25, 0.3) is 5.56 Å². The summed E-state index contributed by atoms with van der Waals surface area (Å²) in [5, 5.41) is 0.898. The summed E-state index contributed by atoms with van der Waals surface area (Å²) >= 11 is 0. The zero-order chi connectivity index (χ0) is 18.0. The molecule has 0 aliphatic heterocycles. The molecule has 5 nitrogen and oxygen atoms in total. The molecule has 0 saturated heterocycles. The van der Waals surface area contributed by atoms with Gasteiger partial charge in [0, 0.05) is 12.1 Å². The molecule has 2 N–H and O–H groups in total. The first-order chi connectivity index (χ1) is 11.8. The Labute approximate surface area is 146 Å². The van der Waals surface area contributed by atoms with Gasteiger partial charge in [-0.15, -0.1) is 0 Å². The molecule has 3 aromatic rings. The fraction of sp³-hybridized carbons (Fsp3) is 0.211. The Hall–Kier alpha value is -2.44. The van der Waals surface area contributed by atoms with E-state index < -0.39 is 10.0 Å². The molecule has 3 rings (SSSR count). The first-order valence-corrected chi connectivity index (χ1v) is 9.64. The number of benzene rings is 2. The Balaban J connectivity index is 1.83. The maximum absolute atomic E-state index is 12.3. The number of aromatic amines is 1. The fourth-order valence-electron chi connectivity index (χ4n) is 2.90. The number of pyridine rings is 1. The highest BCUT2D eigenvalue weighted by atomic mass is 32.2. The molecule has 0 aliphatic carbocycles. The summed E-state index contributed by atoms with van der Waals surface area (Å²) in [6.07, 6.45) is 0. The number of hydrogen-bond acceptors (Lipinski definition) is 3. The molecular weight excluding hydrogens is 336 g/mol. The molecule has 1 heterocycles. The average molecular weight is 356 g/mol. The SMILES string of the molecule is Cc1cc(C)c2[nH]c(=O)c(CNS(=O)(=O)Cc3ccccc3)cc2c1. The Kier molecular flexibility index (Phi) is 4.74. The summed E-state index contributed by atoms with van der Waals surface area (Å²) in [4.78, 5) is 15.1. The van der Waals surface area contributed by atoms with E-state index in [-0.39, 0.29) is 17.9 Å². The zero-order valence-corrected chi connectivity index (χ0v) is 15.0. The van der Waals surface area contributed by atoms with E-state index in [9.17, 15) is 13.2 Å². The number of aromatic nitrogens is 1. The highest BCUT2D eigenvalue weighted by molar-refractivity contribution is 7.88. The molecule has 130 valence electrons. The van der Waals surface area contributed by atoms with Gasteiger partial charge in [0.15, 0.2) is 0 Å². The molecule has 0 aliphatic rings. The molecule has 25 heavy (non-hydrogen) atoms. The Morgan fingerprint density at radius 3 is 2.48 bits per heavy atom. The number of sulfonamides is 1. The minimum atomic E-state index is -3.52. The van der Waals surface area contributed by atoms with Crippen LogP contribution in [0.4, 0.5) is 0 Å². The van der Waals surface area contributed by atoms with Crippen molar-refractivity contribution >= 4 is 20.9 Å². The standard InChI is InChI=1S/C19H20N2O3S/c1-13-8-14(2)18-16(9-13)10-17(19(22)21-18)11-20-25(23,24)12-15-6-4-3-5-7-15/h3-10,20H,11-12H2,1-2H3,(H,21,22). The summed E-state index contributed by atoms with van der Waals surface area (Å²) in [6.45, 7) is 3.89. The largest absolute Gasteiger partial charge is 0.321 e. The third kappa shape index (κ3) is 4.15. The molecule has 0 spiro atoms. The third-order valence-corrected chi connectivity index (χ3v) is 5.35. The molecule has 1 aromatic heterocycles. The number of rotatable bonds is 5. The van der Waals surface area contributed by atoms with E-state index in [1.165, 1.54) is 0 Å². The summed E-state index contributed by atoms with van der Waals surface area (Å²) in [6, 6.07) is 14.7. The van der Waals surface area contributed by atoms with Crippen molar-refractivity contribution in [2.75, 3.05) is 0 Å². The number of aryl methyl sites for hydroxylation is 2. The van der Waals surface area contributed by atoms with Crippen molar-refractivity contribution in [2.45, 2.75) is 26.1 Å². The minimum absolute atomic E-state index is 0.0343. The van der Waals surface area contributed by atoms with E-state index >= 15 is 0 Å². The lowest BCUT2D eigenvalue weighted by molar-refractivity contribution is 0.580. The predicted octanol–water partition coefficient (Wildman–Crippen LogP) is 2.76. The number of H-pyrrole nitrogens is 1. The van der Waals surface area contributed by atoms with E-state index in [1.54, 1.807) is 30.3 Å². The lowest BCUT2D eigenvalue weighted by Gasteiger charge is -2.09. The average Bonchev–Trinajstić information content (AvgIpc) is 2.54. The van der Waals surface area contributed by atoms with Crippen molar-refractivity contribution in [3.63, 3.8) is 0 Å². The molecule has 0 radical (unpaired) electrons. The predicted molar refractivity (Wildman–Crippen MR) is 99.9 cm³/mol. The molecular formula is C19H20N2O3S. The van der Waals surface area contributed by atoms with E-state index in [4.69, 9.17) is 0 Å². The van der Waals surface area contributed by atoms with Crippen molar-refractivity contribution in [3.05, 3.63) is 81.1 Å². The van der Waals surface area contributed by atoms with Crippen LogP contribution in [0.5, 0.6) is 0 Å². The second-order valence-corrected chi connectivity index (χ2v) is 8.04. The van der Waals surface area contributed by atoms with Crippen LogP contribution in [0.15, 0.2) is 53.3 Å². The van der Waals surface area contributed by atoms with Crippen LogP contribution in [0, 0.1) is 13.8 Å². The van der Waals surface area contributed by atoms with Crippen LogP contribution in [0.1, 0.15) is 22.3 Å². The van der Waals surface area contributed by atoms with Gasteiger partial charge in [0.1, 0.15) is 0 Å². The molecule has 0 unspecified atom stereocenters. The van der Waals surface area contributed by atoms with Crippen LogP contribution >= 0.6 is 0 Å². The van der Waals surface area contributed by atoms with Crippen molar-refractivity contribution in [1.82, 2.24) is 9.71 Å². The second kappa shape index (κ2) is 6.82. The molecule has 0 saturated carbocycles. The zero-order valence-electron chi connectivity index (χ0n) is 14.2. The maximum Gasteiger partial charge on any atom is 0.252 e. The Morgan fingerprint density at radius 1 is 1.04 bits per heavy atom. The Morgan fingerprint density at radius 2 is 1.76 bits per heavy atom. The lowest BCUT2D eigenvalue weighted by Crippen LogP contribution is -2.28. The number of nitrogens with one attached hydrogen (secondary N) is 2. The first-order valence-electron chi connectivity index (χ1n) is 7.98.